The van der Waals surface area contributed by atoms with Gasteiger partial charge in [0.2, 0.25) is 21.8 Å². The van der Waals surface area contributed by atoms with Crippen molar-refractivity contribution in [2.24, 2.45) is 0 Å². The number of carbonyl (C=O) groups excluding carboxylic acids is 2. The Morgan fingerprint density at radius 1 is 1.11 bits per heavy atom. The first-order valence-corrected chi connectivity index (χ1v) is 14.3. The number of halogens is 1. The minimum atomic E-state index is -3.63. The molecule has 2 rings (SSSR count). The monoisotopic (exact) mass is 551 g/mol. The lowest BCUT2D eigenvalue weighted by Gasteiger charge is -2.32. The van der Waals surface area contributed by atoms with Crippen LogP contribution >= 0.6 is 11.6 Å². The molecule has 0 unspecified atom stereocenters. The first kappa shape index (κ1) is 30.4. The zero-order valence-electron chi connectivity index (χ0n) is 22.7. The summed E-state index contributed by atoms with van der Waals surface area (Å²) < 4.78 is 31.4. The van der Waals surface area contributed by atoms with E-state index in [0.717, 1.165) is 17.4 Å². The minimum absolute atomic E-state index is 0.0644. The molecule has 37 heavy (non-hydrogen) atoms. The number of hydrogen-bond donors (Lipinski definition) is 1. The van der Waals surface area contributed by atoms with Gasteiger partial charge in [-0.15, -0.1) is 0 Å². The molecule has 2 aromatic rings. The Kier molecular flexibility index (Phi) is 10.4. The molecule has 0 spiro atoms. The van der Waals surface area contributed by atoms with Crippen LogP contribution in [0.3, 0.4) is 0 Å². The lowest BCUT2D eigenvalue weighted by Crippen LogP contribution is -2.52. The number of amides is 2. The molecule has 0 aliphatic heterocycles. The van der Waals surface area contributed by atoms with E-state index in [1.54, 1.807) is 24.0 Å². The van der Waals surface area contributed by atoms with E-state index in [2.05, 4.69) is 5.32 Å². The van der Waals surface area contributed by atoms with Gasteiger partial charge in [-0.25, -0.2) is 8.42 Å². The summed E-state index contributed by atoms with van der Waals surface area (Å²) in [5.74, 6) is -0.0553. The van der Waals surface area contributed by atoms with Crippen molar-refractivity contribution >= 4 is 39.1 Å². The second kappa shape index (κ2) is 12.6. The van der Waals surface area contributed by atoms with Crippen LogP contribution in [-0.2, 0) is 26.2 Å². The van der Waals surface area contributed by atoms with Crippen LogP contribution in [0.25, 0.3) is 0 Å². The molecule has 2 aromatic carbocycles. The van der Waals surface area contributed by atoms with Crippen molar-refractivity contribution in [2.75, 3.05) is 24.2 Å². The van der Waals surface area contributed by atoms with Crippen molar-refractivity contribution in [1.29, 1.82) is 0 Å². The molecule has 0 saturated heterocycles. The number of nitrogens with one attached hydrogen (secondary N) is 1. The second-order valence-corrected chi connectivity index (χ2v) is 12.5. The summed E-state index contributed by atoms with van der Waals surface area (Å²) in [5.41, 5.74) is 1.94. The van der Waals surface area contributed by atoms with Crippen molar-refractivity contribution in [3.8, 4) is 5.75 Å². The zero-order chi connectivity index (χ0) is 28.0. The highest BCUT2D eigenvalue weighted by atomic mass is 35.5. The summed E-state index contributed by atoms with van der Waals surface area (Å²) in [5, 5.41) is 3.22. The van der Waals surface area contributed by atoms with Gasteiger partial charge in [-0.3, -0.25) is 13.9 Å². The summed E-state index contributed by atoms with van der Waals surface area (Å²) in [6, 6.07) is 11.8. The highest BCUT2D eigenvalue weighted by Crippen LogP contribution is 2.30. The maximum Gasteiger partial charge on any atom is 0.242 e. The maximum absolute atomic E-state index is 13.4. The van der Waals surface area contributed by atoms with Crippen molar-refractivity contribution < 1.29 is 22.7 Å². The fourth-order valence-corrected chi connectivity index (χ4v) is 4.97. The standard InChI is InChI=1S/C27H38ClN3O5S/c1-19-10-12-21(13-11-19)18-30(20(2)26(33)29-27(3,4)5)25(32)9-8-16-31(37(7,34)35)22-14-15-24(36-6)23(28)17-22/h10-15,17,20H,8-9,16,18H2,1-7H3,(H,29,33)/t20-/m1/s1. The van der Waals surface area contributed by atoms with E-state index in [1.807, 2.05) is 52.0 Å². The van der Waals surface area contributed by atoms with Crippen LogP contribution < -0.4 is 14.4 Å². The summed E-state index contributed by atoms with van der Waals surface area (Å²) >= 11 is 6.20. The van der Waals surface area contributed by atoms with Gasteiger partial charge < -0.3 is 15.0 Å². The first-order chi connectivity index (χ1) is 17.1. The highest BCUT2D eigenvalue weighted by Gasteiger charge is 2.28. The van der Waals surface area contributed by atoms with Gasteiger partial charge in [-0.2, -0.15) is 0 Å². The normalized spacial score (nSPS) is 12.5. The van der Waals surface area contributed by atoms with Crippen molar-refractivity contribution in [3.05, 3.63) is 58.6 Å². The molecule has 1 atom stereocenters. The predicted octanol–water partition coefficient (Wildman–Crippen LogP) is 4.54. The van der Waals surface area contributed by atoms with E-state index in [9.17, 15) is 18.0 Å². The Morgan fingerprint density at radius 3 is 2.24 bits per heavy atom. The number of methoxy groups -OCH3 is 1. The minimum Gasteiger partial charge on any atom is -0.495 e. The molecule has 0 fully saturated rings. The van der Waals surface area contributed by atoms with E-state index in [4.69, 9.17) is 16.3 Å². The second-order valence-electron chi connectivity index (χ2n) is 10.2. The van der Waals surface area contributed by atoms with Gasteiger partial charge in [0, 0.05) is 25.0 Å². The Labute approximate surface area is 226 Å². The number of hydrogen-bond acceptors (Lipinski definition) is 5. The molecule has 1 N–H and O–H groups in total. The number of benzene rings is 2. The fourth-order valence-electron chi connectivity index (χ4n) is 3.76. The molecule has 0 aromatic heterocycles. The number of ether oxygens (including phenoxy) is 1. The van der Waals surface area contributed by atoms with Crippen molar-refractivity contribution in [1.82, 2.24) is 10.2 Å². The molecule has 8 nitrogen and oxygen atoms in total. The smallest absolute Gasteiger partial charge is 0.242 e. The van der Waals surface area contributed by atoms with Crippen LogP contribution in [0.5, 0.6) is 5.75 Å². The molecule has 0 aliphatic carbocycles. The number of carbonyl (C=O) groups is 2. The molecular formula is C27H38ClN3O5S. The maximum atomic E-state index is 13.4. The van der Waals surface area contributed by atoms with Crippen LogP contribution in [0, 0.1) is 6.92 Å². The van der Waals surface area contributed by atoms with Crippen LogP contribution in [-0.4, -0.2) is 56.6 Å². The lowest BCUT2D eigenvalue weighted by atomic mass is 10.1. The van der Waals surface area contributed by atoms with Crippen LogP contribution in [0.4, 0.5) is 5.69 Å². The number of anilines is 1. The van der Waals surface area contributed by atoms with Gasteiger partial charge in [-0.1, -0.05) is 41.4 Å². The molecule has 0 radical (unpaired) electrons. The average Bonchev–Trinajstić information content (AvgIpc) is 2.79. The van der Waals surface area contributed by atoms with E-state index in [1.165, 1.54) is 17.5 Å². The molecule has 0 bridgehead atoms. The average molecular weight is 552 g/mol. The molecule has 0 heterocycles. The largest absolute Gasteiger partial charge is 0.495 e. The van der Waals surface area contributed by atoms with E-state index in [-0.39, 0.29) is 42.8 Å². The van der Waals surface area contributed by atoms with Crippen molar-refractivity contribution in [3.63, 3.8) is 0 Å². The van der Waals surface area contributed by atoms with Gasteiger partial charge >= 0.3 is 0 Å². The highest BCUT2D eigenvalue weighted by molar-refractivity contribution is 7.92. The summed E-state index contributed by atoms with van der Waals surface area (Å²) in [6.45, 7) is 9.68. The number of rotatable bonds is 11. The van der Waals surface area contributed by atoms with Crippen LogP contribution in [0.1, 0.15) is 51.7 Å². The van der Waals surface area contributed by atoms with Gasteiger partial charge in [-0.05, 0) is 64.8 Å². The topological polar surface area (TPSA) is 96.0 Å². The number of sulfonamides is 1. The fraction of sp³-hybridized carbons (Fsp3) is 0.481. The predicted molar refractivity (Wildman–Crippen MR) is 149 cm³/mol. The van der Waals surface area contributed by atoms with E-state index < -0.39 is 21.6 Å². The zero-order valence-corrected chi connectivity index (χ0v) is 24.2. The Hall–Kier alpha value is -2.78. The van der Waals surface area contributed by atoms with Crippen molar-refractivity contribution in [2.45, 2.75) is 65.6 Å². The third-order valence-corrected chi connectivity index (χ3v) is 7.20. The molecule has 0 aliphatic rings. The molecule has 204 valence electrons. The number of nitrogens with zero attached hydrogens (tertiary/aromatic N) is 2. The van der Waals surface area contributed by atoms with Gasteiger partial charge in [0.15, 0.2) is 0 Å². The molecule has 0 saturated carbocycles. The third kappa shape index (κ3) is 9.23. The number of aryl methyl sites for hydroxylation is 1. The first-order valence-electron chi connectivity index (χ1n) is 12.1. The van der Waals surface area contributed by atoms with Gasteiger partial charge in [0.25, 0.3) is 0 Å². The Bertz CT molecular complexity index is 1190. The Morgan fingerprint density at radius 2 is 1.73 bits per heavy atom. The van der Waals surface area contributed by atoms with Gasteiger partial charge in [0.05, 0.1) is 24.1 Å². The Balaban J connectivity index is 2.20. The van der Waals surface area contributed by atoms with E-state index in [0.29, 0.717) is 11.4 Å². The van der Waals surface area contributed by atoms with Crippen LogP contribution in [0.2, 0.25) is 5.02 Å². The molecular weight excluding hydrogens is 514 g/mol. The third-order valence-electron chi connectivity index (χ3n) is 5.71. The quantitative estimate of drug-likeness (QED) is 0.442. The SMILES string of the molecule is COc1ccc(N(CCCC(=O)N(Cc2ccc(C)cc2)[C@H](C)C(=O)NC(C)(C)C)S(C)(=O)=O)cc1Cl. The summed E-state index contributed by atoms with van der Waals surface area (Å²) in [6.07, 6.45) is 1.43. The van der Waals surface area contributed by atoms with Crippen LogP contribution in [0.15, 0.2) is 42.5 Å². The summed E-state index contributed by atoms with van der Waals surface area (Å²) in [4.78, 5) is 27.8. The van der Waals surface area contributed by atoms with E-state index >= 15 is 0 Å². The molecule has 10 heteroatoms. The molecule has 2 amide bonds. The van der Waals surface area contributed by atoms with Gasteiger partial charge in [0.1, 0.15) is 11.8 Å². The summed E-state index contributed by atoms with van der Waals surface area (Å²) in [7, 11) is -2.15. The lowest BCUT2D eigenvalue weighted by molar-refractivity contribution is -0.141.